The Morgan fingerprint density at radius 1 is 1.08 bits per heavy atom. The Kier molecular flexibility index (Phi) is 7.17. The van der Waals surface area contributed by atoms with Gasteiger partial charge in [-0.25, -0.2) is 4.98 Å². The Balaban J connectivity index is 2.68. The van der Waals surface area contributed by atoms with Crippen molar-refractivity contribution in [3.63, 3.8) is 0 Å². The number of hydrogen-bond acceptors (Lipinski definition) is 6. The summed E-state index contributed by atoms with van der Waals surface area (Å²) < 4.78 is 12.4. The van der Waals surface area contributed by atoms with Gasteiger partial charge >= 0.3 is 11.9 Å². The molecule has 1 aromatic rings. The molecule has 0 aliphatic carbocycles. The molecule has 0 aliphatic heterocycles. The third-order valence-corrected chi connectivity index (χ3v) is 3.11. The van der Waals surface area contributed by atoms with Gasteiger partial charge in [0.05, 0.1) is 13.1 Å². The highest BCUT2D eigenvalue weighted by Crippen LogP contribution is 2.11. The van der Waals surface area contributed by atoms with Crippen LogP contribution in [0, 0.1) is 0 Å². The second-order valence-electron chi connectivity index (χ2n) is 7.95. The van der Waals surface area contributed by atoms with E-state index in [1.807, 2.05) is 53.4 Å². The number of imidazole rings is 1. The molecule has 0 aliphatic rings. The summed E-state index contributed by atoms with van der Waals surface area (Å²) in [5, 5.41) is 0. The molecular weight excluding hydrogens is 322 g/mol. The molecule has 0 N–H and O–H groups in total. The number of rotatable bonds is 7. The minimum Gasteiger partial charge on any atom is -0.459 e. The molecule has 0 spiro atoms. The fraction of sp³-hybridized carbons (Fsp3) is 0.722. The number of likely N-dealkylation sites (N-methyl/N-ethyl adjacent to an activating group) is 1. The number of aromatic nitrogens is 2. The molecule has 25 heavy (non-hydrogen) atoms. The molecular formula is C18H31N3O4. The predicted octanol–water partition coefficient (Wildman–Crippen LogP) is 2.39. The molecule has 1 aromatic heterocycles. The van der Waals surface area contributed by atoms with Crippen LogP contribution in [0.25, 0.3) is 0 Å². The van der Waals surface area contributed by atoms with Gasteiger partial charge in [0, 0.05) is 12.4 Å². The van der Waals surface area contributed by atoms with Gasteiger partial charge in [-0.2, -0.15) is 0 Å². The average Bonchev–Trinajstić information content (AvgIpc) is 2.80. The van der Waals surface area contributed by atoms with Crippen LogP contribution < -0.4 is 0 Å². The molecule has 0 aromatic carbocycles. The van der Waals surface area contributed by atoms with E-state index in [1.54, 1.807) is 17.0 Å². The lowest BCUT2D eigenvalue weighted by molar-refractivity contribution is -0.157. The van der Waals surface area contributed by atoms with Crippen LogP contribution in [0.1, 0.15) is 54.3 Å². The molecule has 7 heteroatoms. The topological polar surface area (TPSA) is 73.7 Å². The zero-order valence-electron chi connectivity index (χ0n) is 16.5. The molecule has 0 amide bonds. The van der Waals surface area contributed by atoms with Gasteiger partial charge in [-0.3, -0.25) is 14.5 Å². The van der Waals surface area contributed by atoms with Crippen LogP contribution in [-0.2, 0) is 32.2 Å². The monoisotopic (exact) mass is 353 g/mol. The molecule has 0 saturated carbocycles. The highest BCUT2D eigenvalue weighted by molar-refractivity contribution is 5.72. The van der Waals surface area contributed by atoms with Crippen LogP contribution >= 0.6 is 0 Å². The first-order valence-corrected chi connectivity index (χ1v) is 8.55. The summed E-state index contributed by atoms with van der Waals surface area (Å²) >= 11 is 0. The van der Waals surface area contributed by atoms with Gasteiger partial charge in [-0.1, -0.05) is 6.92 Å². The van der Waals surface area contributed by atoms with E-state index in [0.717, 1.165) is 0 Å². The second kappa shape index (κ2) is 8.47. The zero-order valence-corrected chi connectivity index (χ0v) is 16.5. The van der Waals surface area contributed by atoms with Crippen molar-refractivity contribution in [1.82, 2.24) is 14.5 Å². The zero-order chi connectivity index (χ0) is 19.3. The maximum atomic E-state index is 12.0. The van der Waals surface area contributed by atoms with Crippen molar-refractivity contribution in [2.75, 3.05) is 13.1 Å². The third kappa shape index (κ3) is 8.67. The maximum Gasteiger partial charge on any atom is 0.326 e. The van der Waals surface area contributed by atoms with E-state index >= 15 is 0 Å². The molecule has 0 unspecified atom stereocenters. The summed E-state index contributed by atoms with van der Waals surface area (Å²) in [6.45, 7) is 14.4. The summed E-state index contributed by atoms with van der Waals surface area (Å²) in [5.74, 6) is 0.109. The standard InChI is InChI=1S/C18H31N3O4/c1-8-20(12-15(22)24-17(2,3)4)11-14-19-9-10-21(14)13-16(23)25-18(5,6)7/h9-10H,8,11-13H2,1-7H3. The first-order chi connectivity index (χ1) is 11.4. The van der Waals surface area contributed by atoms with Gasteiger partial charge in [0.15, 0.2) is 0 Å². The van der Waals surface area contributed by atoms with E-state index in [1.165, 1.54) is 0 Å². The van der Waals surface area contributed by atoms with E-state index in [0.29, 0.717) is 18.9 Å². The molecule has 0 atom stereocenters. The number of carbonyl (C=O) groups excluding carboxylic acids is 2. The van der Waals surface area contributed by atoms with E-state index in [2.05, 4.69) is 4.98 Å². The highest BCUT2D eigenvalue weighted by Gasteiger charge is 2.21. The van der Waals surface area contributed by atoms with Gasteiger partial charge in [0.1, 0.15) is 23.6 Å². The van der Waals surface area contributed by atoms with Crippen molar-refractivity contribution >= 4 is 11.9 Å². The summed E-state index contributed by atoms with van der Waals surface area (Å²) in [6.07, 6.45) is 3.38. The minimum absolute atomic E-state index is 0.0938. The minimum atomic E-state index is -0.524. The van der Waals surface area contributed by atoms with Crippen molar-refractivity contribution in [2.24, 2.45) is 0 Å². The Hall–Kier alpha value is -1.89. The van der Waals surface area contributed by atoms with Gasteiger partial charge in [0.25, 0.3) is 0 Å². The quantitative estimate of drug-likeness (QED) is 0.701. The molecule has 142 valence electrons. The lowest BCUT2D eigenvalue weighted by atomic mass is 10.2. The lowest BCUT2D eigenvalue weighted by Gasteiger charge is -2.24. The molecule has 0 radical (unpaired) electrons. The van der Waals surface area contributed by atoms with E-state index in [4.69, 9.17) is 9.47 Å². The molecule has 0 bridgehead atoms. The lowest BCUT2D eigenvalue weighted by Crippen LogP contribution is -2.35. The average molecular weight is 353 g/mol. The van der Waals surface area contributed by atoms with Crippen molar-refractivity contribution in [3.8, 4) is 0 Å². The van der Waals surface area contributed by atoms with Crippen LogP contribution in [0.5, 0.6) is 0 Å². The Bertz CT molecular complexity index is 582. The number of ether oxygens (including phenoxy) is 2. The van der Waals surface area contributed by atoms with Crippen molar-refractivity contribution in [3.05, 3.63) is 18.2 Å². The second-order valence-corrected chi connectivity index (χ2v) is 7.95. The largest absolute Gasteiger partial charge is 0.459 e. The number of carbonyl (C=O) groups is 2. The first kappa shape index (κ1) is 21.2. The van der Waals surface area contributed by atoms with Gasteiger partial charge in [-0.15, -0.1) is 0 Å². The smallest absolute Gasteiger partial charge is 0.326 e. The van der Waals surface area contributed by atoms with E-state index in [-0.39, 0.29) is 25.0 Å². The van der Waals surface area contributed by atoms with Crippen molar-refractivity contribution < 1.29 is 19.1 Å². The van der Waals surface area contributed by atoms with Crippen LogP contribution in [0.2, 0.25) is 0 Å². The Labute approximate surface area is 150 Å². The maximum absolute atomic E-state index is 12.0. The van der Waals surface area contributed by atoms with Gasteiger partial charge < -0.3 is 14.0 Å². The number of esters is 2. The SMILES string of the molecule is CCN(CC(=O)OC(C)(C)C)Cc1nccn1CC(=O)OC(C)(C)C. The van der Waals surface area contributed by atoms with Gasteiger partial charge in [-0.05, 0) is 48.1 Å². The van der Waals surface area contributed by atoms with E-state index in [9.17, 15) is 9.59 Å². The van der Waals surface area contributed by atoms with Crippen molar-refractivity contribution in [1.29, 1.82) is 0 Å². The molecule has 7 nitrogen and oxygen atoms in total. The van der Waals surface area contributed by atoms with Crippen LogP contribution in [0.15, 0.2) is 12.4 Å². The Morgan fingerprint density at radius 2 is 1.64 bits per heavy atom. The van der Waals surface area contributed by atoms with E-state index < -0.39 is 11.2 Å². The fourth-order valence-electron chi connectivity index (χ4n) is 2.18. The van der Waals surface area contributed by atoms with Crippen molar-refractivity contribution in [2.45, 2.75) is 72.8 Å². The van der Waals surface area contributed by atoms with Crippen LogP contribution in [0.3, 0.4) is 0 Å². The van der Waals surface area contributed by atoms with Crippen LogP contribution in [0.4, 0.5) is 0 Å². The fourth-order valence-corrected chi connectivity index (χ4v) is 2.18. The summed E-state index contributed by atoms with van der Waals surface area (Å²) in [7, 11) is 0. The first-order valence-electron chi connectivity index (χ1n) is 8.55. The van der Waals surface area contributed by atoms with Gasteiger partial charge in [0.2, 0.25) is 0 Å². The summed E-state index contributed by atoms with van der Waals surface area (Å²) in [4.78, 5) is 30.2. The summed E-state index contributed by atoms with van der Waals surface area (Å²) in [6, 6.07) is 0. The predicted molar refractivity (Wildman–Crippen MR) is 94.9 cm³/mol. The molecule has 1 rings (SSSR count). The third-order valence-electron chi connectivity index (χ3n) is 3.11. The molecule has 0 saturated heterocycles. The molecule has 0 fully saturated rings. The summed E-state index contributed by atoms with van der Waals surface area (Å²) in [5.41, 5.74) is -1.03. The highest BCUT2D eigenvalue weighted by atomic mass is 16.6. The molecule has 1 heterocycles. The Morgan fingerprint density at radius 3 is 2.16 bits per heavy atom. The number of nitrogens with zero attached hydrogens (tertiary/aromatic N) is 3. The van der Waals surface area contributed by atoms with Crippen LogP contribution in [-0.4, -0.2) is 50.7 Å². The normalized spacial score (nSPS) is 12.3. The number of hydrogen-bond donors (Lipinski definition) is 0.